The second-order valence-electron chi connectivity index (χ2n) is 5.98. The van der Waals surface area contributed by atoms with E-state index in [4.69, 9.17) is 28.0 Å². The van der Waals surface area contributed by atoms with Crippen LogP contribution in [0.15, 0.2) is 4.99 Å². The fourth-order valence-electron chi connectivity index (χ4n) is 2.15. The quantitative estimate of drug-likeness (QED) is 0.0666. The van der Waals surface area contributed by atoms with Gasteiger partial charge in [-0.3, -0.25) is 14.6 Å². The molecule has 2 amide bonds. The molecule has 156 valence electrons. The smallest absolute Gasteiger partial charge is 0.327 e. The van der Waals surface area contributed by atoms with E-state index in [9.17, 15) is 14.4 Å². The second-order valence-corrected chi connectivity index (χ2v) is 6.35. The summed E-state index contributed by atoms with van der Waals surface area (Å²) in [4.78, 5) is 39.5. The first-order chi connectivity index (χ1) is 12.7. The van der Waals surface area contributed by atoms with Gasteiger partial charge in [0, 0.05) is 12.3 Å². The van der Waals surface area contributed by atoms with Gasteiger partial charge in [-0.15, -0.1) is 0 Å². The third kappa shape index (κ3) is 11.3. The highest BCUT2D eigenvalue weighted by Gasteiger charge is 2.26. The van der Waals surface area contributed by atoms with Gasteiger partial charge < -0.3 is 38.7 Å². The largest absolute Gasteiger partial charge is 0.480 e. The maximum Gasteiger partial charge on any atom is 0.327 e. The molecule has 0 aliphatic carbocycles. The van der Waals surface area contributed by atoms with Gasteiger partial charge >= 0.3 is 5.97 Å². The van der Waals surface area contributed by atoms with Crippen LogP contribution in [0, 0.1) is 0 Å². The standard InChI is InChI=1S/C15H31N7O4S/c16-6-2-1-5-10(13(24)22-11(8-27)14(25)26)21-12(23)9(17)4-3-7-20-15(18)19/h9-11,27H,1-8,16-17H2,(H,21,23)(H,22,24)(H,25,26)(H4,18,19,20). The number of nitrogens with one attached hydrogen (secondary N) is 2. The molecule has 0 aliphatic heterocycles. The summed E-state index contributed by atoms with van der Waals surface area (Å²) < 4.78 is 0. The van der Waals surface area contributed by atoms with E-state index in [0.29, 0.717) is 45.2 Å². The molecule has 0 radical (unpaired) electrons. The van der Waals surface area contributed by atoms with Gasteiger partial charge in [0.05, 0.1) is 6.04 Å². The van der Waals surface area contributed by atoms with Crippen LogP contribution >= 0.6 is 12.6 Å². The normalized spacial score (nSPS) is 13.9. The zero-order valence-corrected chi connectivity index (χ0v) is 16.2. The van der Waals surface area contributed by atoms with E-state index in [1.54, 1.807) is 0 Å². The van der Waals surface area contributed by atoms with Crippen LogP contribution < -0.4 is 33.6 Å². The Bertz CT molecular complexity index is 514. The predicted octanol–water partition coefficient (Wildman–Crippen LogP) is -2.52. The van der Waals surface area contributed by atoms with Gasteiger partial charge in [0.2, 0.25) is 11.8 Å². The molecule has 0 saturated heterocycles. The molecule has 11 nitrogen and oxygen atoms in total. The number of carboxylic acids is 1. The highest BCUT2D eigenvalue weighted by molar-refractivity contribution is 7.80. The Kier molecular flexibility index (Phi) is 13.0. The molecule has 0 bridgehead atoms. The van der Waals surface area contributed by atoms with E-state index in [1.165, 1.54) is 0 Å². The second kappa shape index (κ2) is 14.1. The van der Waals surface area contributed by atoms with Crippen LogP contribution in [-0.4, -0.2) is 65.8 Å². The molecule has 12 heteroatoms. The van der Waals surface area contributed by atoms with Gasteiger partial charge in [0.15, 0.2) is 5.96 Å². The number of carbonyl (C=O) groups excluding carboxylic acids is 2. The van der Waals surface area contributed by atoms with Gasteiger partial charge in [0.25, 0.3) is 0 Å². The molecule has 0 aromatic rings. The predicted molar refractivity (Wildman–Crippen MR) is 106 cm³/mol. The number of thiol groups is 1. The van der Waals surface area contributed by atoms with Crippen LogP contribution in [0.1, 0.15) is 32.1 Å². The number of nitrogens with zero attached hydrogens (tertiary/aromatic N) is 1. The monoisotopic (exact) mass is 405 g/mol. The Morgan fingerprint density at radius 1 is 1.00 bits per heavy atom. The number of rotatable bonds is 14. The van der Waals surface area contributed by atoms with E-state index in [-0.39, 0.29) is 11.7 Å². The van der Waals surface area contributed by atoms with Crippen molar-refractivity contribution >= 4 is 36.4 Å². The molecular weight excluding hydrogens is 374 g/mol. The van der Waals surface area contributed by atoms with E-state index in [2.05, 4.69) is 28.3 Å². The maximum absolute atomic E-state index is 12.4. The van der Waals surface area contributed by atoms with Crippen molar-refractivity contribution in [1.29, 1.82) is 0 Å². The molecule has 27 heavy (non-hydrogen) atoms. The summed E-state index contributed by atoms with van der Waals surface area (Å²) >= 11 is 3.90. The minimum Gasteiger partial charge on any atom is -0.480 e. The van der Waals surface area contributed by atoms with Crippen molar-refractivity contribution in [1.82, 2.24) is 10.6 Å². The highest BCUT2D eigenvalue weighted by atomic mass is 32.1. The number of aliphatic carboxylic acids is 1. The van der Waals surface area contributed by atoms with Gasteiger partial charge in [-0.25, -0.2) is 4.79 Å². The van der Waals surface area contributed by atoms with Gasteiger partial charge in [-0.2, -0.15) is 12.6 Å². The average Bonchev–Trinajstić information content (AvgIpc) is 2.61. The zero-order chi connectivity index (χ0) is 20.8. The summed E-state index contributed by atoms with van der Waals surface area (Å²) in [6, 6.07) is -2.90. The summed E-state index contributed by atoms with van der Waals surface area (Å²) in [7, 11) is 0. The molecule has 0 rings (SSSR count). The Morgan fingerprint density at radius 3 is 2.15 bits per heavy atom. The molecule has 0 fully saturated rings. The number of nitrogens with two attached hydrogens (primary N) is 4. The molecule has 11 N–H and O–H groups in total. The fourth-order valence-corrected chi connectivity index (χ4v) is 2.40. The van der Waals surface area contributed by atoms with E-state index >= 15 is 0 Å². The van der Waals surface area contributed by atoms with Crippen LogP contribution in [0.25, 0.3) is 0 Å². The molecule has 3 atom stereocenters. The van der Waals surface area contributed by atoms with E-state index in [1.807, 2.05) is 0 Å². The van der Waals surface area contributed by atoms with Gasteiger partial charge in [0.1, 0.15) is 12.1 Å². The Balaban J connectivity index is 4.77. The maximum atomic E-state index is 12.4. The average molecular weight is 406 g/mol. The molecule has 0 aromatic heterocycles. The zero-order valence-electron chi connectivity index (χ0n) is 15.3. The number of hydrogen-bond donors (Lipinski definition) is 8. The molecular formula is C15H31N7O4S. The first-order valence-corrected chi connectivity index (χ1v) is 9.31. The minimum absolute atomic E-state index is 0.0400. The molecule has 0 aromatic carbocycles. The molecule has 0 aliphatic rings. The lowest BCUT2D eigenvalue weighted by Crippen LogP contribution is -2.54. The van der Waals surface area contributed by atoms with E-state index < -0.39 is 35.9 Å². The van der Waals surface area contributed by atoms with Crippen molar-refractivity contribution in [2.45, 2.75) is 50.2 Å². The third-order valence-electron chi connectivity index (χ3n) is 3.68. The van der Waals surface area contributed by atoms with E-state index in [0.717, 1.165) is 0 Å². The lowest BCUT2D eigenvalue weighted by Gasteiger charge is -2.22. The summed E-state index contributed by atoms with van der Waals surface area (Å²) in [5, 5.41) is 14.0. The number of hydrogen-bond acceptors (Lipinski definition) is 7. The SMILES string of the molecule is NCCCCC(NC(=O)C(N)CCCN=C(N)N)C(=O)NC(CS)C(=O)O. The first kappa shape index (κ1) is 24.9. The van der Waals surface area contributed by atoms with Gasteiger partial charge in [-0.05, 0) is 38.6 Å². The molecule has 0 saturated carbocycles. The van der Waals surface area contributed by atoms with Crippen LogP contribution in [0.3, 0.4) is 0 Å². The lowest BCUT2D eigenvalue weighted by atomic mass is 10.1. The van der Waals surface area contributed by atoms with Crippen molar-refractivity contribution in [3.05, 3.63) is 0 Å². The van der Waals surface area contributed by atoms with Crippen LogP contribution in [0.2, 0.25) is 0 Å². The number of carbonyl (C=O) groups is 3. The van der Waals surface area contributed by atoms with Crippen molar-refractivity contribution in [3.8, 4) is 0 Å². The fraction of sp³-hybridized carbons (Fsp3) is 0.733. The van der Waals surface area contributed by atoms with Gasteiger partial charge in [-0.1, -0.05) is 0 Å². The van der Waals surface area contributed by atoms with Crippen LogP contribution in [0.4, 0.5) is 0 Å². The molecule has 0 spiro atoms. The third-order valence-corrected chi connectivity index (χ3v) is 4.05. The lowest BCUT2D eigenvalue weighted by molar-refractivity contribution is -0.141. The number of aliphatic imine (C=N–C) groups is 1. The molecule has 0 heterocycles. The molecule has 3 unspecified atom stereocenters. The summed E-state index contributed by atoms with van der Waals surface area (Å²) in [5.41, 5.74) is 21.7. The highest BCUT2D eigenvalue weighted by Crippen LogP contribution is 2.04. The Labute approximate surface area is 164 Å². The summed E-state index contributed by atoms with van der Waals surface area (Å²) in [6.07, 6.45) is 2.40. The first-order valence-electron chi connectivity index (χ1n) is 8.68. The van der Waals surface area contributed by atoms with Crippen LogP contribution in [0.5, 0.6) is 0 Å². The van der Waals surface area contributed by atoms with Crippen LogP contribution in [-0.2, 0) is 14.4 Å². The number of amides is 2. The Hall–Kier alpha value is -2.05. The summed E-state index contributed by atoms with van der Waals surface area (Å²) in [5.74, 6) is -2.43. The summed E-state index contributed by atoms with van der Waals surface area (Å²) in [6.45, 7) is 0.785. The Morgan fingerprint density at radius 2 is 1.63 bits per heavy atom. The van der Waals surface area contributed by atoms with Crippen molar-refractivity contribution in [2.75, 3.05) is 18.8 Å². The topological polar surface area (TPSA) is 212 Å². The van der Waals surface area contributed by atoms with Crippen molar-refractivity contribution < 1.29 is 19.5 Å². The number of guanidine groups is 1. The number of unbranched alkanes of at least 4 members (excludes halogenated alkanes) is 1. The van der Waals surface area contributed by atoms with Crippen molar-refractivity contribution in [3.63, 3.8) is 0 Å². The van der Waals surface area contributed by atoms with Crippen molar-refractivity contribution in [2.24, 2.45) is 27.9 Å². The minimum atomic E-state index is -1.21. The number of carboxylic acid groups (broad SMARTS) is 1.